The first-order valence-corrected chi connectivity index (χ1v) is 7.11. The SMILES string of the molecule is CC(C)CN(CC(=O)O)Cc1c(O)ccc2ccccc12. The summed E-state index contributed by atoms with van der Waals surface area (Å²) in [5.74, 6) is -0.273. The maximum atomic E-state index is 11.0. The van der Waals surface area contributed by atoms with Gasteiger partial charge in [0.25, 0.3) is 0 Å². The maximum Gasteiger partial charge on any atom is 0.317 e. The van der Waals surface area contributed by atoms with Gasteiger partial charge in [0.15, 0.2) is 0 Å². The van der Waals surface area contributed by atoms with Gasteiger partial charge in [0.2, 0.25) is 0 Å². The summed E-state index contributed by atoms with van der Waals surface area (Å²) < 4.78 is 0. The third-order valence-corrected chi connectivity index (χ3v) is 3.38. The molecule has 2 N–H and O–H groups in total. The Kier molecular flexibility index (Phi) is 4.81. The summed E-state index contributed by atoms with van der Waals surface area (Å²) in [6, 6.07) is 11.4. The predicted molar refractivity (Wildman–Crippen MR) is 83.4 cm³/mol. The number of hydrogen-bond donors (Lipinski definition) is 2. The molecular weight excluding hydrogens is 266 g/mol. The van der Waals surface area contributed by atoms with Gasteiger partial charge in [-0.15, -0.1) is 0 Å². The van der Waals surface area contributed by atoms with E-state index in [9.17, 15) is 9.90 Å². The highest BCUT2D eigenvalue weighted by Gasteiger charge is 2.15. The van der Waals surface area contributed by atoms with Crippen LogP contribution in [0.1, 0.15) is 19.4 Å². The first-order valence-electron chi connectivity index (χ1n) is 7.11. The van der Waals surface area contributed by atoms with Crippen LogP contribution in [-0.4, -0.2) is 34.2 Å². The Morgan fingerprint density at radius 1 is 1.19 bits per heavy atom. The Hall–Kier alpha value is -2.07. The lowest BCUT2D eigenvalue weighted by Crippen LogP contribution is -2.32. The molecule has 2 aromatic carbocycles. The molecule has 0 aromatic heterocycles. The minimum atomic E-state index is -0.852. The van der Waals surface area contributed by atoms with Crippen molar-refractivity contribution in [2.45, 2.75) is 20.4 Å². The van der Waals surface area contributed by atoms with Crippen molar-refractivity contribution in [1.29, 1.82) is 0 Å². The van der Waals surface area contributed by atoms with Crippen molar-refractivity contribution in [1.82, 2.24) is 4.90 Å². The Morgan fingerprint density at radius 3 is 2.57 bits per heavy atom. The Bertz CT molecular complexity index is 637. The number of fused-ring (bicyclic) bond motifs is 1. The maximum absolute atomic E-state index is 11.0. The molecule has 0 radical (unpaired) electrons. The highest BCUT2D eigenvalue weighted by Crippen LogP contribution is 2.28. The number of carboxylic acid groups (broad SMARTS) is 1. The molecule has 112 valence electrons. The van der Waals surface area contributed by atoms with E-state index in [1.807, 2.05) is 35.2 Å². The first kappa shape index (κ1) is 15.3. The number of aromatic hydroxyl groups is 1. The Morgan fingerprint density at radius 2 is 1.90 bits per heavy atom. The van der Waals surface area contributed by atoms with E-state index in [-0.39, 0.29) is 12.3 Å². The fourth-order valence-corrected chi connectivity index (χ4v) is 2.61. The van der Waals surface area contributed by atoms with Crippen LogP contribution < -0.4 is 0 Å². The van der Waals surface area contributed by atoms with Gasteiger partial charge in [-0.05, 0) is 22.8 Å². The molecule has 0 spiro atoms. The highest BCUT2D eigenvalue weighted by atomic mass is 16.4. The van der Waals surface area contributed by atoms with Crippen LogP contribution in [0.2, 0.25) is 0 Å². The van der Waals surface area contributed by atoms with Gasteiger partial charge in [0.1, 0.15) is 5.75 Å². The quantitative estimate of drug-likeness (QED) is 0.857. The van der Waals surface area contributed by atoms with Gasteiger partial charge in [-0.2, -0.15) is 0 Å². The van der Waals surface area contributed by atoms with E-state index in [0.29, 0.717) is 19.0 Å². The summed E-state index contributed by atoms with van der Waals surface area (Å²) in [7, 11) is 0. The topological polar surface area (TPSA) is 60.8 Å². The van der Waals surface area contributed by atoms with Gasteiger partial charge in [0, 0.05) is 18.7 Å². The number of aliphatic carboxylic acids is 1. The summed E-state index contributed by atoms with van der Waals surface area (Å²) in [6.07, 6.45) is 0. The van der Waals surface area contributed by atoms with Crippen molar-refractivity contribution in [2.24, 2.45) is 5.92 Å². The molecule has 0 amide bonds. The van der Waals surface area contributed by atoms with Gasteiger partial charge >= 0.3 is 5.97 Å². The molecule has 0 aliphatic carbocycles. The van der Waals surface area contributed by atoms with Gasteiger partial charge in [-0.1, -0.05) is 44.2 Å². The molecule has 0 atom stereocenters. The number of nitrogens with zero attached hydrogens (tertiary/aromatic N) is 1. The molecule has 0 aliphatic heterocycles. The molecule has 0 saturated carbocycles. The van der Waals surface area contributed by atoms with Crippen molar-refractivity contribution in [2.75, 3.05) is 13.1 Å². The molecule has 0 fully saturated rings. The number of carboxylic acids is 1. The van der Waals surface area contributed by atoms with Gasteiger partial charge in [-0.3, -0.25) is 9.69 Å². The third-order valence-electron chi connectivity index (χ3n) is 3.38. The van der Waals surface area contributed by atoms with E-state index in [1.165, 1.54) is 0 Å². The van der Waals surface area contributed by atoms with Crippen LogP contribution >= 0.6 is 0 Å². The highest BCUT2D eigenvalue weighted by molar-refractivity contribution is 5.87. The van der Waals surface area contributed by atoms with E-state index in [0.717, 1.165) is 16.3 Å². The van der Waals surface area contributed by atoms with Crippen LogP contribution in [-0.2, 0) is 11.3 Å². The van der Waals surface area contributed by atoms with Crippen LogP contribution in [0, 0.1) is 5.92 Å². The average Bonchev–Trinajstić information content (AvgIpc) is 2.40. The minimum Gasteiger partial charge on any atom is -0.508 e. The number of hydrogen-bond acceptors (Lipinski definition) is 3. The fraction of sp³-hybridized carbons (Fsp3) is 0.353. The summed E-state index contributed by atoms with van der Waals surface area (Å²) in [4.78, 5) is 12.9. The van der Waals surface area contributed by atoms with E-state index in [2.05, 4.69) is 13.8 Å². The van der Waals surface area contributed by atoms with Crippen LogP contribution in [0.15, 0.2) is 36.4 Å². The molecular formula is C17H21NO3. The monoisotopic (exact) mass is 287 g/mol. The van der Waals surface area contributed by atoms with Crippen molar-refractivity contribution < 1.29 is 15.0 Å². The normalized spacial score (nSPS) is 11.4. The lowest BCUT2D eigenvalue weighted by atomic mass is 10.0. The van der Waals surface area contributed by atoms with Crippen LogP contribution in [0.5, 0.6) is 5.75 Å². The molecule has 2 aromatic rings. The third kappa shape index (κ3) is 3.95. The summed E-state index contributed by atoms with van der Waals surface area (Å²) in [6.45, 7) is 5.18. The largest absolute Gasteiger partial charge is 0.508 e. The molecule has 0 unspecified atom stereocenters. The van der Waals surface area contributed by atoms with Crippen molar-refractivity contribution >= 4 is 16.7 Å². The molecule has 2 rings (SSSR count). The molecule has 0 aliphatic rings. The Labute approximate surface area is 124 Å². The minimum absolute atomic E-state index is 0.0269. The number of phenols is 1. The van der Waals surface area contributed by atoms with E-state index >= 15 is 0 Å². The summed E-state index contributed by atoms with van der Waals surface area (Å²) in [5.41, 5.74) is 0.787. The lowest BCUT2D eigenvalue weighted by molar-refractivity contribution is -0.138. The summed E-state index contributed by atoms with van der Waals surface area (Å²) >= 11 is 0. The second-order valence-electron chi connectivity index (χ2n) is 5.74. The molecule has 4 nitrogen and oxygen atoms in total. The first-order chi connectivity index (χ1) is 9.97. The van der Waals surface area contributed by atoms with Crippen LogP contribution in [0.4, 0.5) is 0 Å². The number of phenolic OH excluding ortho intramolecular Hbond substituents is 1. The van der Waals surface area contributed by atoms with E-state index in [1.54, 1.807) is 6.07 Å². The molecule has 0 saturated heterocycles. The molecule has 21 heavy (non-hydrogen) atoms. The average molecular weight is 287 g/mol. The van der Waals surface area contributed by atoms with E-state index in [4.69, 9.17) is 5.11 Å². The van der Waals surface area contributed by atoms with Gasteiger partial charge < -0.3 is 10.2 Å². The zero-order chi connectivity index (χ0) is 15.4. The zero-order valence-corrected chi connectivity index (χ0v) is 12.4. The zero-order valence-electron chi connectivity index (χ0n) is 12.4. The van der Waals surface area contributed by atoms with Gasteiger partial charge in [-0.25, -0.2) is 0 Å². The van der Waals surface area contributed by atoms with Crippen molar-refractivity contribution in [3.8, 4) is 5.75 Å². The fourth-order valence-electron chi connectivity index (χ4n) is 2.61. The number of benzene rings is 2. The second-order valence-corrected chi connectivity index (χ2v) is 5.74. The lowest BCUT2D eigenvalue weighted by Gasteiger charge is -2.23. The predicted octanol–water partition coefficient (Wildman–Crippen LogP) is 3.09. The molecule has 0 bridgehead atoms. The van der Waals surface area contributed by atoms with Crippen molar-refractivity contribution in [3.05, 3.63) is 42.0 Å². The smallest absolute Gasteiger partial charge is 0.317 e. The second kappa shape index (κ2) is 6.59. The number of rotatable bonds is 6. The van der Waals surface area contributed by atoms with Crippen molar-refractivity contribution in [3.63, 3.8) is 0 Å². The molecule has 0 heterocycles. The van der Waals surface area contributed by atoms with Crippen LogP contribution in [0.3, 0.4) is 0 Å². The standard InChI is InChI=1S/C17H21NO3/c1-12(2)9-18(11-17(20)21)10-15-14-6-4-3-5-13(14)7-8-16(15)19/h3-8,12,19H,9-11H2,1-2H3,(H,20,21). The van der Waals surface area contributed by atoms with E-state index < -0.39 is 5.97 Å². The number of carbonyl (C=O) groups is 1. The van der Waals surface area contributed by atoms with Crippen LogP contribution in [0.25, 0.3) is 10.8 Å². The summed E-state index contributed by atoms with van der Waals surface area (Å²) in [5, 5.41) is 21.2. The molecule has 4 heteroatoms. The van der Waals surface area contributed by atoms with Gasteiger partial charge in [0.05, 0.1) is 6.54 Å². The Balaban J connectivity index is 2.35.